The highest BCUT2D eigenvalue weighted by molar-refractivity contribution is 6.00. The highest BCUT2D eigenvalue weighted by Gasteiger charge is 2.18. The Morgan fingerprint density at radius 2 is 1.65 bits per heavy atom. The SMILES string of the molecule is Fc1cc(OCCN2CCCC2)cc(-c2ccnc3[nH]c(-c4n[nH]c5cnc(-c6cncc(CN7CCCCC7)c6)cc45)cc23)c1. The van der Waals surface area contributed by atoms with Gasteiger partial charge in [0, 0.05) is 54.1 Å². The molecule has 6 aromatic rings. The Morgan fingerprint density at radius 1 is 0.804 bits per heavy atom. The van der Waals surface area contributed by atoms with Gasteiger partial charge in [-0.2, -0.15) is 5.10 Å². The topological polar surface area (TPSA) is 98.8 Å². The molecule has 0 radical (unpaired) electrons. The van der Waals surface area contributed by atoms with Gasteiger partial charge in [0.2, 0.25) is 0 Å². The van der Waals surface area contributed by atoms with E-state index < -0.39 is 0 Å². The average molecular weight is 617 g/mol. The fourth-order valence-corrected chi connectivity index (χ4v) is 6.88. The summed E-state index contributed by atoms with van der Waals surface area (Å²) in [6, 6.07) is 13.1. The maximum atomic E-state index is 14.8. The van der Waals surface area contributed by atoms with Crippen molar-refractivity contribution in [2.45, 2.75) is 38.6 Å². The lowest BCUT2D eigenvalue weighted by molar-refractivity contribution is 0.220. The highest BCUT2D eigenvalue weighted by Crippen LogP contribution is 2.35. The molecule has 8 rings (SSSR count). The smallest absolute Gasteiger partial charge is 0.138 e. The van der Waals surface area contributed by atoms with Gasteiger partial charge in [0.05, 0.1) is 23.1 Å². The third kappa shape index (κ3) is 5.98. The number of halogens is 1. The summed E-state index contributed by atoms with van der Waals surface area (Å²) in [7, 11) is 0. The third-order valence-corrected chi connectivity index (χ3v) is 9.24. The molecule has 1 aromatic carbocycles. The van der Waals surface area contributed by atoms with Gasteiger partial charge in [0.15, 0.2) is 0 Å². The summed E-state index contributed by atoms with van der Waals surface area (Å²) in [4.78, 5) is 22.2. The normalized spacial score (nSPS) is 16.1. The number of rotatable bonds is 9. The number of piperidine rings is 1. The van der Waals surface area contributed by atoms with Crippen LogP contribution in [0.4, 0.5) is 4.39 Å². The second-order valence-electron chi connectivity index (χ2n) is 12.5. The quantitative estimate of drug-likeness (QED) is 0.184. The molecule has 10 heteroatoms. The number of benzene rings is 1. The number of fused-ring (bicyclic) bond motifs is 2. The Morgan fingerprint density at radius 3 is 2.54 bits per heavy atom. The first-order valence-electron chi connectivity index (χ1n) is 16.3. The molecule has 2 N–H and O–H groups in total. The lowest BCUT2D eigenvalue weighted by Gasteiger charge is -2.26. The number of pyridine rings is 3. The van der Waals surface area contributed by atoms with Gasteiger partial charge in [-0.1, -0.05) is 6.42 Å². The second-order valence-corrected chi connectivity index (χ2v) is 12.5. The third-order valence-electron chi connectivity index (χ3n) is 9.24. The van der Waals surface area contributed by atoms with Gasteiger partial charge >= 0.3 is 0 Å². The van der Waals surface area contributed by atoms with Crippen LogP contribution in [0.5, 0.6) is 5.75 Å². The van der Waals surface area contributed by atoms with Gasteiger partial charge in [0.25, 0.3) is 0 Å². The van der Waals surface area contributed by atoms with E-state index in [-0.39, 0.29) is 5.82 Å². The summed E-state index contributed by atoms with van der Waals surface area (Å²) in [6.45, 7) is 6.78. The van der Waals surface area contributed by atoms with Crippen molar-refractivity contribution in [2.75, 3.05) is 39.3 Å². The minimum absolute atomic E-state index is 0.331. The number of hydrogen-bond acceptors (Lipinski definition) is 7. The number of ether oxygens (including phenoxy) is 1. The fourth-order valence-electron chi connectivity index (χ4n) is 6.88. The molecule has 0 saturated carbocycles. The zero-order valence-electron chi connectivity index (χ0n) is 25.8. The Balaban J connectivity index is 1.08. The van der Waals surface area contributed by atoms with Gasteiger partial charge in [-0.05, 0) is 105 Å². The van der Waals surface area contributed by atoms with Crippen LogP contribution in [0.3, 0.4) is 0 Å². The minimum atomic E-state index is -0.331. The Bertz CT molecular complexity index is 1990. The first-order valence-corrected chi connectivity index (χ1v) is 16.3. The number of aromatic nitrogens is 6. The Kier molecular flexibility index (Phi) is 7.89. The molecule has 2 aliphatic heterocycles. The minimum Gasteiger partial charge on any atom is -0.492 e. The molecule has 0 aliphatic carbocycles. The van der Waals surface area contributed by atoms with Gasteiger partial charge in [-0.15, -0.1) is 0 Å². The fraction of sp³-hybridized carbons (Fsp3) is 0.333. The van der Waals surface area contributed by atoms with Crippen molar-refractivity contribution in [1.82, 2.24) is 39.9 Å². The molecule has 7 heterocycles. The average Bonchev–Trinajstić information content (AvgIpc) is 3.85. The van der Waals surface area contributed by atoms with E-state index in [2.05, 4.69) is 47.1 Å². The van der Waals surface area contributed by atoms with Crippen molar-refractivity contribution in [1.29, 1.82) is 0 Å². The van der Waals surface area contributed by atoms with Crippen LogP contribution < -0.4 is 4.74 Å². The molecule has 234 valence electrons. The Labute approximate surface area is 266 Å². The maximum Gasteiger partial charge on any atom is 0.138 e. The summed E-state index contributed by atoms with van der Waals surface area (Å²) in [5, 5.41) is 9.61. The first kappa shape index (κ1) is 28.8. The summed E-state index contributed by atoms with van der Waals surface area (Å²) >= 11 is 0. The molecule has 2 fully saturated rings. The van der Waals surface area contributed by atoms with Crippen LogP contribution in [0.1, 0.15) is 37.7 Å². The molecule has 9 nitrogen and oxygen atoms in total. The molecule has 0 atom stereocenters. The lowest BCUT2D eigenvalue weighted by Crippen LogP contribution is -2.29. The number of nitrogens with one attached hydrogen (secondary N) is 2. The standard InChI is InChI=1S/C36H37FN8O/c37-27-15-25(16-28(17-27)46-13-12-44-8-4-5-9-44)29-6-7-39-36-30(29)18-33(41-36)35-31-19-32(40-22-34(31)42-43-35)26-14-24(20-38-21-26)23-45-10-2-1-3-11-45/h6-7,14-22H,1-5,8-13,23H2,(H,39,41)(H,42,43). The summed E-state index contributed by atoms with van der Waals surface area (Å²) in [5.74, 6) is 0.199. The van der Waals surface area contributed by atoms with E-state index in [1.807, 2.05) is 36.8 Å². The molecular formula is C36H37FN8O. The summed E-state index contributed by atoms with van der Waals surface area (Å²) in [5.41, 5.74) is 7.75. The largest absolute Gasteiger partial charge is 0.492 e. The molecular weight excluding hydrogens is 579 g/mol. The van der Waals surface area contributed by atoms with E-state index in [1.54, 1.807) is 12.3 Å². The van der Waals surface area contributed by atoms with Crippen LogP contribution in [0.2, 0.25) is 0 Å². The molecule has 0 unspecified atom stereocenters. The van der Waals surface area contributed by atoms with E-state index in [0.29, 0.717) is 18.0 Å². The van der Waals surface area contributed by atoms with Crippen LogP contribution >= 0.6 is 0 Å². The van der Waals surface area contributed by atoms with Crippen molar-refractivity contribution < 1.29 is 9.13 Å². The van der Waals surface area contributed by atoms with Crippen LogP contribution in [0.15, 0.2) is 67.3 Å². The van der Waals surface area contributed by atoms with E-state index in [4.69, 9.17) is 9.72 Å². The second kappa shape index (κ2) is 12.6. The molecule has 0 spiro atoms. The van der Waals surface area contributed by atoms with Crippen LogP contribution in [-0.2, 0) is 6.54 Å². The monoisotopic (exact) mass is 616 g/mol. The van der Waals surface area contributed by atoms with Gasteiger partial charge in [-0.3, -0.25) is 24.9 Å². The number of hydrogen-bond donors (Lipinski definition) is 2. The number of likely N-dealkylation sites (tertiary alicyclic amines) is 2. The van der Waals surface area contributed by atoms with E-state index in [9.17, 15) is 4.39 Å². The molecule has 5 aromatic heterocycles. The van der Waals surface area contributed by atoms with Crippen molar-refractivity contribution in [3.05, 3.63) is 78.6 Å². The van der Waals surface area contributed by atoms with Gasteiger partial charge in [0.1, 0.15) is 29.5 Å². The van der Waals surface area contributed by atoms with Gasteiger partial charge in [-0.25, -0.2) is 9.37 Å². The zero-order valence-corrected chi connectivity index (χ0v) is 25.8. The molecule has 2 aliphatic rings. The van der Waals surface area contributed by atoms with E-state index >= 15 is 0 Å². The number of aromatic amines is 2. The van der Waals surface area contributed by atoms with Crippen molar-refractivity contribution in [3.8, 4) is 39.5 Å². The van der Waals surface area contributed by atoms with Crippen molar-refractivity contribution >= 4 is 21.9 Å². The Hall–Kier alpha value is -4.67. The van der Waals surface area contributed by atoms with Crippen molar-refractivity contribution in [2.24, 2.45) is 0 Å². The maximum absolute atomic E-state index is 14.8. The van der Waals surface area contributed by atoms with E-state index in [0.717, 1.165) is 89.3 Å². The van der Waals surface area contributed by atoms with Gasteiger partial charge < -0.3 is 9.72 Å². The molecule has 2 saturated heterocycles. The first-order chi connectivity index (χ1) is 22.7. The zero-order chi connectivity index (χ0) is 30.9. The van der Waals surface area contributed by atoms with Crippen LogP contribution in [-0.4, -0.2) is 79.3 Å². The van der Waals surface area contributed by atoms with E-state index in [1.165, 1.54) is 43.7 Å². The molecule has 0 amide bonds. The van der Waals surface area contributed by atoms with Crippen LogP contribution in [0.25, 0.3) is 55.7 Å². The summed E-state index contributed by atoms with van der Waals surface area (Å²) < 4.78 is 20.8. The van der Waals surface area contributed by atoms with Crippen molar-refractivity contribution in [3.63, 3.8) is 0 Å². The highest BCUT2D eigenvalue weighted by atomic mass is 19.1. The summed E-state index contributed by atoms with van der Waals surface area (Å²) in [6.07, 6.45) is 13.7. The lowest BCUT2D eigenvalue weighted by atomic mass is 10.0. The molecule has 46 heavy (non-hydrogen) atoms. The molecule has 0 bridgehead atoms. The predicted molar refractivity (Wildman–Crippen MR) is 178 cm³/mol. The number of nitrogens with zero attached hydrogens (tertiary/aromatic N) is 6. The van der Waals surface area contributed by atoms with Crippen LogP contribution in [0, 0.1) is 5.82 Å². The predicted octanol–water partition coefficient (Wildman–Crippen LogP) is 6.83. The number of H-pyrrole nitrogens is 2.